The Hall–Kier alpha value is -0.0400. The summed E-state index contributed by atoms with van der Waals surface area (Å²) in [6.07, 6.45) is 18.7. The van der Waals surface area contributed by atoms with Gasteiger partial charge in [-0.15, -0.1) is 0 Å². The number of unbranched alkanes of at least 4 members (excludes halogenated alkanes) is 8. The van der Waals surface area contributed by atoms with E-state index in [4.69, 9.17) is 0 Å². The van der Waals surface area contributed by atoms with Crippen molar-refractivity contribution in [3.05, 3.63) is 0 Å². The molecule has 0 aromatic carbocycles. The lowest BCUT2D eigenvalue weighted by molar-refractivity contribution is 0.204. The minimum Gasteiger partial charge on any atom is -0.300 e. The van der Waals surface area contributed by atoms with Crippen molar-refractivity contribution in [2.24, 2.45) is 5.92 Å². The summed E-state index contributed by atoms with van der Waals surface area (Å²) in [5, 5.41) is 0. The Kier molecular flexibility index (Phi) is 11.3. The van der Waals surface area contributed by atoms with E-state index in [1.807, 2.05) is 0 Å². The fourth-order valence-corrected chi connectivity index (χ4v) is 3.78. The van der Waals surface area contributed by atoms with Gasteiger partial charge in [0.2, 0.25) is 0 Å². The lowest BCUT2D eigenvalue weighted by Gasteiger charge is -2.28. The molecule has 0 N–H and O–H groups in total. The van der Waals surface area contributed by atoms with Gasteiger partial charge in [-0.2, -0.15) is 0 Å². The Labute approximate surface area is 134 Å². The molecule has 0 aliphatic carbocycles. The summed E-state index contributed by atoms with van der Waals surface area (Å²) in [5.41, 5.74) is 0. The number of likely N-dealkylation sites (tertiary alicyclic amines) is 1. The van der Waals surface area contributed by atoms with Crippen LogP contribution in [-0.4, -0.2) is 24.0 Å². The standard InChI is InChI=1S/C20H41N/c1-4-6-8-10-12-14-20(15-13-11-9-7-5-2)21-17-16-19(3)18-21/h19-20H,4-18H2,1-3H3/t19-/m0/s1. The monoisotopic (exact) mass is 295 g/mol. The van der Waals surface area contributed by atoms with E-state index in [-0.39, 0.29) is 0 Å². The van der Waals surface area contributed by atoms with Gasteiger partial charge in [0.05, 0.1) is 0 Å². The van der Waals surface area contributed by atoms with Crippen molar-refractivity contribution in [2.45, 2.75) is 110 Å². The van der Waals surface area contributed by atoms with Gasteiger partial charge in [0.1, 0.15) is 0 Å². The minimum atomic E-state index is 0.901. The molecule has 1 heterocycles. The van der Waals surface area contributed by atoms with Crippen LogP contribution in [0.4, 0.5) is 0 Å². The summed E-state index contributed by atoms with van der Waals surface area (Å²) in [5.74, 6) is 0.938. The van der Waals surface area contributed by atoms with Gasteiger partial charge in [-0.05, 0) is 31.7 Å². The molecule has 1 nitrogen and oxygen atoms in total. The smallest absolute Gasteiger partial charge is 0.00953 e. The molecule has 0 aromatic heterocycles. The SMILES string of the molecule is CCCCCCCC(CCCCCCC)N1CC[C@H](C)C1. The van der Waals surface area contributed by atoms with Gasteiger partial charge in [0.15, 0.2) is 0 Å². The van der Waals surface area contributed by atoms with Crippen LogP contribution in [0.15, 0.2) is 0 Å². The van der Waals surface area contributed by atoms with Gasteiger partial charge in [-0.1, -0.05) is 85.0 Å². The lowest BCUT2D eigenvalue weighted by atomic mass is 9.99. The zero-order valence-corrected chi connectivity index (χ0v) is 15.2. The predicted molar refractivity (Wildman–Crippen MR) is 95.9 cm³/mol. The van der Waals surface area contributed by atoms with Crippen molar-refractivity contribution in [1.29, 1.82) is 0 Å². The van der Waals surface area contributed by atoms with Crippen LogP contribution in [0, 0.1) is 5.92 Å². The second-order valence-corrected chi connectivity index (χ2v) is 7.45. The van der Waals surface area contributed by atoms with Crippen molar-refractivity contribution < 1.29 is 0 Å². The molecule has 1 fully saturated rings. The van der Waals surface area contributed by atoms with Crippen molar-refractivity contribution >= 4 is 0 Å². The molecule has 1 saturated heterocycles. The summed E-state index contributed by atoms with van der Waals surface area (Å²) in [6, 6.07) is 0.901. The average molecular weight is 296 g/mol. The Morgan fingerprint density at radius 3 is 1.76 bits per heavy atom. The lowest BCUT2D eigenvalue weighted by Crippen LogP contribution is -2.33. The zero-order valence-electron chi connectivity index (χ0n) is 15.2. The molecule has 1 heteroatoms. The Bertz CT molecular complexity index is 212. The topological polar surface area (TPSA) is 3.24 Å². The van der Waals surface area contributed by atoms with Gasteiger partial charge in [0.25, 0.3) is 0 Å². The van der Waals surface area contributed by atoms with Crippen LogP contribution in [0.1, 0.15) is 104 Å². The van der Waals surface area contributed by atoms with Crippen LogP contribution in [-0.2, 0) is 0 Å². The highest BCUT2D eigenvalue weighted by molar-refractivity contribution is 4.79. The van der Waals surface area contributed by atoms with Crippen LogP contribution in [0.3, 0.4) is 0 Å². The largest absolute Gasteiger partial charge is 0.300 e. The predicted octanol–water partition coefficient (Wildman–Crippen LogP) is 6.42. The molecular weight excluding hydrogens is 254 g/mol. The van der Waals surface area contributed by atoms with Gasteiger partial charge in [-0.25, -0.2) is 0 Å². The first-order valence-corrected chi connectivity index (χ1v) is 10.0. The van der Waals surface area contributed by atoms with Crippen LogP contribution >= 0.6 is 0 Å². The third kappa shape index (κ3) is 8.86. The molecule has 1 aliphatic rings. The zero-order chi connectivity index (χ0) is 15.3. The van der Waals surface area contributed by atoms with E-state index >= 15 is 0 Å². The van der Waals surface area contributed by atoms with E-state index in [1.165, 1.54) is 96.6 Å². The maximum absolute atomic E-state index is 2.82. The number of hydrogen-bond donors (Lipinski definition) is 0. The van der Waals surface area contributed by atoms with E-state index in [9.17, 15) is 0 Å². The Morgan fingerprint density at radius 2 is 1.33 bits per heavy atom. The summed E-state index contributed by atoms with van der Waals surface area (Å²) < 4.78 is 0. The van der Waals surface area contributed by atoms with Crippen molar-refractivity contribution in [2.75, 3.05) is 13.1 Å². The molecule has 0 spiro atoms. The molecule has 0 unspecified atom stereocenters. The van der Waals surface area contributed by atoms with Crippen LogP contribution in [0.2, 0.25) is 0 Å². The quantitative estimate of drug-likeness (QED) is 0.354. The van der Waals surface area contributed by atoms with Crippen LogP contribution < -0.4 is 0 Å². The molecule has 1 rings (SSSR count). The third-order valence-corrected chi connectivity index (χ3v) is 5.25. The van der Waals surface area contributed by atoms with Crippen LogP contribution in [0.25, 0.3) is 0 Å². The van der Waals surface area contributed by atoms with Crippen molar-refractivity contribution in [1.82, 2.24) is 4.90 Å². The van der Waals surface area contributed by atoms with Gasteiger partial charge >= 0.3 is 0 Å². The van der Waals surface area contributed by atoms with E-state index in [0.29, 0.717) is 0 Å². The first kappa shape index (κ1) is 19.0. The molecular formula is C20H41N. The Balaban J connectivity index is 2.21. The normalized spacial score (nSPS) is 19.7. The van der Waals surface area contributed by atoms with E-state index in [2.05, 4.69) is 25.7 Å². The number of rotatable bonds is 13. The highest BCUT2D eigenvalue weighted by Gasteiger charge is 2.25. The maximum atomic E-state index is 2.82. The van der Waals surface area contributed by atoms with Crippen molar-refractivity contribution in [3.63, 3.8) is 0 Å². The molecule has 1 atom stereocenters. The molecule has 21 heavy (non-hydrogen) atoms. The molecule has 0 saturated carbocycles. The molecule has 0 bridgehead atoms. The maximum Gasteiger partial charge on any atom is 0.00953 e. The fraction of sp³-hybridized carbons (Fsp3) is 1.00. The molecule has 0 amide bonds. The van der Waals surface area contributed by atoms with Crippen molar-refractivity contribution in [3.8, 4) is 0 Å². The van der Waals surface area contributed by atoms with E-state index in [0.717, 1.165) is 12.0 Å². The summed E-state index contributed by atoms with van der Waals surface area (Å²) >= 11 is 0. The third-order valence-electron chi connectivity index (χ3n) is 5.25. The number of hydrogen-bond acceptors (Lipinski definition) is 1. The summed E-state index contributed by atoms with van der Waals surface area (Å²) in [7, 11) is 0. The van der Waals surface area contributed by atoms with Gasteiger partial charge in [-0.3, -0.25) is 0 Å². The first-order valence-electron chi connectivity index (χ1n) is 10.0. The second-order valence-electron chi connectivity index (χ2n) is 7.45. The van der Waals surface area contributed by atoms with Gasteiger partial charge in [0, 0.05) is 12.6 Å². The molecule has 126 valence electrons. The molecule has 1 aliphatic heterocycles. The second kappa shape index (κ2) is 12.5. The van der Waals surface area contributed by atoms with Gasteiger partial charge < -0.3 is 4.90 Å². The molecule has 0 radical (unpaired) electrons. The first-order chi connectivity index (χ1) is 10.3. The summed E-state index contributed by atoms with van der Waals surface area (Å²) in [4.78, 5) is 2.82. The summed E-state index contributed by atoms with van der Waals surface area (Å²) in [6.45, 7) is 9.79. The molecule has 0 aromatic rings. The van der Waals surface area contributed by atoms with E-state index < -0.39 is 0 Å². The average Bonchev–Trinajstić information content (AvgIpc) is 2.91. The highest BCUT2D eigenvalue weighted by atomic mass is 15.2. The van der Waals surface area contributed by atoms with Crippen LogP contribution in [0.5, 0.6) is 0 Å². The highest BCUT2D eigenvalue weighted by Crippen LogP contribution is 2.24. The number of nitrogens with zero attached hydrogens (tertiary/aromatic N) is 1. The minimum absolute atomic E-state index is 0.901. The van der Waals surface area contributed by atoms with E-state index in [1.54, 1.807) is 0 Å². The Morgan fingerprint density at radius 1 is 0.810 bits per heavy atom. The fourth-order valence-electron chi connectivity index (χ4n) is 3.78.